The van der Waals surface area contributed by atoms with E-state index in [9.17, 15) is 4.79 Å². The zero-order valence-corrected chi connectivity index (χ0v) is 14.8. The van der Waals surface area contributed by atoms with E-state index in [1.54, 1.807) is 20.2 Å². The van der Waals surface area contributed by atoms with Gasteiger partial charge in [-0.05, 0) is 19.4 Å². The molecular formula is C19H18N4O3. The topological polar surface area (TPSA) is 80.3 Å². The molecule has 7 nitrogen and oxygen atoms in total. The molecule has 0 aliphatic carbocycles. The Bertz CT molecular complexity index is 956. The molecule has 2 aliphatic heterocycles. The molecule has 3 heterocycles. The summed E-state index contributed by atoms with van der Waals surface area (Å²) in [5, 5.41) is 0. The maximum atomic E-state index is 12.7. The highest BCUT2D eigenvalue weighted by atomic mass is 16.5. The van der Waals surface area contributed by atoms with Crippen molar-refractivity contribution in [3.63, 3.8) is 0 Å². The van der Waals surface area contributed by atoms with E-state index in [-0.39, 0.29) is 5.97 Å². The van der Waals surface area contributed by atoms with Gasteiger partial charge in [0.1, 0.15) is 6.34 Å². The second-order valence-corrected chi connectivity index (χ2v) is 6.01. The van der Waals surface area contributed by atoms with Crippen LogP contribution in [0.3, 0.4) is 0 Å². The predicted molar refractivity (Wildman–Crippen MR) is 96.3 cm³/mol. The Balaban J connectivity index is 1.91. The number of fused-ring (bicyclic) bond motifs is 3. The molecule has 0 saturated heterocycles. The number of benzene rings is 1. The van der Waals surface area contributed by atoms with Crippen LogP contribution in [0.1, 0.15) is 37.0 Å². The first-order valence-corrected chi connectivity index (χ1v) is 8.42. The van der Waals surface area contributed by atoms with E-state index in [0.717, 1.165) is 5.56 Å². The molecule has 0 saturated carbocycles. The van der Waals surface area contributed by atoms with Crippen LogP contribution < -0.4 is 0 Å². The molecule has 1 atom stereocenters. The molecule has 2 aliphatic rings. The predicted octanol–water partition coefficient (Wildman–Crippen LogP) is 3.30. The van der Waals surface area contributed by atoms with Crippen LogP contribution in [0.5, 0.6) is 0 Å². The van der Waals surface area contributed by atoms with Gasteiger partial charge in [-0.15, -0.1) is 0 Å². The third-order valence-corrected chi connectivity index (χ3v) is 4.30. The van der Waals surface area contributed by atoms with Crippen LogP contribution >= 0.6 is 0 Å². The number of amidine groups is 1. The molecule has 0 spiro atoms. The Kier molecular flexibility index (Phi) is 3.91. The maximum absolute atomic E-state index is 12.7. The van der Waals surface area contributed by atoms with Crippen LogP contribution in [0.15, 0.2) is 56.0 Å². The van der Waals surface area contributed by atoms with Gasteiger partial charge >= 0.3 is 5.97 Å². The smallest absolute Gasteiger partial charge is 0.338 e. The van der Waals surface area contributed by atoms with Crippen molar-refractivity contribution in [3.8, 4) is 0 Å². The number of aromatic nitrogens is 1. The lowest BCUT2D eigenvalue weighted by Gasteiger charge is -2.36. The number of aliphatic imine (C=N–C) groups is 2. The molecular weight excluding hydrogens is 332 g/mol. The van der Waals surface area contributed by atoms with Crippen LogP contribution in [-0.2, 0) is 9.53 Å². The van der Waals surface area contributed by atoms with E-state index in [0.29, 0.717) is 41.2 Å². The average molecular weight is 350 g/mol. The minimum Gasteiger partial charge on any atom is -0.463 e. The van der Waals surface area contributed by atoms with Crippen LogP contribution in [0.25, 0.3) is 0 Å². The van der Waals surface area contributed by atoms with Crippen LogP contribution in [0.4, 0.5) is 5.88 Å². The Labute approximate surface area is 150 Å². The lowest BCUT2D eigenvalue weighted by Crippen LogP contribution is -2.41. The number of nitrogens with zero attached hydrogens (tertiary/aromatic N) is 4. The number of rotatable bonds is 3. The normalized spacial score (nSPS) is 18.3. The van der Waals surface area contributed by atoms with Gasteiger partial charge in [0.05, 0.1) is 23.9 Å². The fourth-order valence-corrected chi connectivity index (χ4v) is 3.23. The number of aryl methyl sites for hydroxylation is 1. The van der Waals surface area contributed by atoms with Crippen LogP contribution in [-0.4, -0.2) is 34.6 Å². The van der Waals surface area contributed by atoms with E-state index >= 15 is 0 Å². The fraction of sp³-hybridized carbons (Fsp3) is 0.263. The number of ether oxygens (including phenoxy) is 1. The first-order valence-electron chi connectivity index (χ1n) is 8.42. The van der Waals surface area contributed by atoms with Crippen molar-refractivity contribution >= 4 is 24.0 Å². The third kappa shape index (κ3) is 2.52. The Morgan fingerprint density at radius 3 is 2.77 bits per heavy atom. The summed E-state index contributed by atoms with van der Waals surface area (Å²) in [5.41, 5.74) is 2.62. The summed E-state index contributed by atoms with van der Waals surface area (Å²) in [5.74, 6) is 1.19. The quantitative estimate of drug-likeness (QED) is 0.794. The monoisotopic (exact) mass is 350 g/mol. The van der Waals surface area contributed by atoms with Crippen LogP contribution in [0.2, 0.25) is 0 Å². The number of hydrogen-bond donors (Lipinski definition) is 0. The van der Waals surface area contributed by atoms with Gasteiger partial charge in [-0.25, -0.2) is 19.8 Å². The molecule has 0 amide bonds. The zero-order valence-electron chi connectivity index (χ0n) is 14.8. The number of oxazole rings is 1. The first kappa shape index (κ1) is 16.3. The molecule has 26 heavy (non-hydrogen) atoms. The fourth-order valence-electron chi connectivity index (χ4n) is 3.23. The summed E-state index contributed by atoms with van der Waals surface area (Å²) in [4.78, 5) is 27.9. The Morgan fingerprint density at radius 2 is 2.04 bits per heavy atom. The molecule has 0 fully saturated rings. The largest absolute Gasteiger partial charge is 0.463 e. The average Bonchev–Trinajstić information content (AvgIpc) is 3.02. The Morgan fingerprint density at radius 1 is 1.27 bits per heavy atom. The first-order chi connectivity index (χ1) is 12.6. The lowest BCUT2D eigenvalue weighted by molar-refractivity contribution is -0.139. The second-order valence-electron chi connectivity index (χ2n) is 6.01. The van der Waals surface area contributed by atoms with Gasteiger partial charge in [0, 0.05) is 6.92 Å². The number of esters is 1. The molecule has 0 N–H and O–H groups in total. The standard InChI is InChI=1S/C19H18N4O3/c1-4-25-19(24)14-11(2)21-17-15-18(26-12(3)22-15)20-10-23(17)16(14)13-8-6-5-7-9-13/h5-10,16H,4H2,1-3H3. The summed E-state index contributed by atoms with van der Waals surface area (Å²) in [6.07, 6.45) is 1.63. The summed E-state index contributed by atoms with van der Waals surface area (Å²) in [6.45, 7) is 5.66. The van der Waals surface area contributed by atoms with Crippen molar-refractivity contribution in [2.75, 3.05) is 6.61 Å². The summed E-state index contributed by atoms with van der Waals surface area (Å²) >= 11 is 0. The van der Waals surface area contributed by atoms with Crippen molar-refractivity contribution < 1.29 is 13.9 Å². The van der Waals surface area contributed by atoms with E-state index in [4.69, 9.17) is 9.15 Å². The molecule has 1 unspecified atom stereocenters. The highest BCUT2D eigenvalue weighted by Gasteiger charge is 2.39. The molecule has 1 aromatic heterocycles. The van der Waals surface area contributed by atoms with Crippen molar-refractivity contribution in [2.24, 2.45) is 9.98 Å². The zero-order chi connectivity index (χ0) is 18.3. The third-order valence-electron chi connectivity index (χ3n) is 4.30. The molecule has 4 rings (SSSR count). The summed E-state index contributed by atoms with van der Waals surface area (Å²) in [7, 11) is 0. The number of allylic oxidation sites excluding steroid dienone is 1. The Hall–Kier alpha value is -3.22. The maximum Gasteiger partial charge on any atom is 0.338 e. The molecule has 132 valence electrons. The van der Waals surface area contributed by atoms with Gasteiger partial charge < -0.3 is 14.1 Å². The summed E-state index contributed by atoms with van der Waals surface area (Å²) in [6, 6.07) is 9.36. The van der Waals surface area contributed by atoms with Crippen molar-refractivity contribution in [3.05, 3.63) is 58.8 Å². The second kappa shape index (κ2) is 6.25. The lowest BCUT2D eigenvalue weighted by atomic mass is 9.93. The van der Waals surface area contributed by atoms with Gasteiger partial charge in [-0.1, -0.05) is 30.3 Å². The van der Waals surface area contributed by atoms with Crippen molar-refractivity contribution in [1.82, 2.24) is 9.88 Å². The molecule has 1 aromatic carbocycles. The van der Waals surface area contributed by atoms with Crippen molar-refractivity contribution in [1.29, 1.82) is 0 Å². The minimum atomic E-state index is -0.392. The SMILES string of the molecule is CCOC(=O)C1=C(C)N=C2c3nc(C)oc3N=CN2C1c1ccccc1. The highest BCUT2D eigenvalue weighted by Crippen LogP contribution is 2.39. The number of hydrogen-bond acceptors (Lipinski definition) is 7. The molecule has 7 heteroatoms. The van der Waals surface area contributed by atoms with Gasteiger partial charge in [0.25, 0.3) is 5.88 Å². The van der Waals surface area contributed by atoms with Gasteiger partial charge in [0.15, 0.2) is 17.4 Å². The molecule has 0 radical (unpaired) electrons. The number of carbonyl (C=O) groups excluding carboxylic acids is 1. The summed E-state index contributed by atoms with van der Waals surface area (Å²) < 4.78 is 10.8. The van der Waals surface area contributed by atoms with Crippen molar-refractivity contribution in [2.45, 2.75) is 26.8 Å². The molecule has 0 bridgehead atoms. The van der Waals surface area contributed by atoms with E-state index in [1.807, 2.05) is 42.2 Å². The van der Waals surface area contributed by atoms with Gasteiger partial charge in [-0.2, -0.15) is 0 Å². The van der Waals surface area contributed by atoms with Gasteiger partial charge in [-0.3, -0.25) is 0 Å². The van der Waals surface area contributed by atoms with E-state index in [1.165, 1.54) is 0 Å². The number of carbonyl (C=O) groups is 1. The van der Waals surface area contributed by atoms with E-state index in [2.05, 4.69) is 15.0 Å². The molecule has 2 aromatic rings. The minimum absolute atomic E-state index is 0.300. The van der Waals surface area contributed by atoms with E-state index < -0.39 is 6.04 Å². The van der Waals surface area contributed by atoms with Crippen LogP contribution in [0, 0.1) is 6.92 Å². The van der Waals surface area contributed by atoms with Gasteiger partial charge in [0.2, 0.25) is 0 Å². The highest BCUT2D eigenvalue weighted by molar-refractivity contribution is 6.11.